The van der Waals surface area contributed by atoms with Crippen LogP contribution in [0.4, 0.5) is 0 Å². The predicted octanol–water partition coefficient (Wildman–Crippen LogP) is 5.59. The number of para-hydroxylation sites is 1. The predicted molar refractivity (Wildman–Crippen MR) is 121 cm³/mol. The fourth-order valence-electron chi connectivity index (χ4n) is 3.48. The van der Waals surface area contributed by atoms with Crippen LogP contribution < -0.4 is 0 Å². The number of hydrogen-bond acceptors (Lipinski definition) is 4. The number of carbonyl (C=O) groups excluding carboxylic acids is 2. The van der Waals surface area contributed by atoms with E-state index in [2.05, 4.69) is 0 Å². The van der Waals surface area contributed by atoms with Gasteiger partial charge in [0.15, 0.2) is 0 Å². The highest BCUT2D eigenvalue weighted by Crippen LogP contribution is 2.39. The maximum absolute atomic E-state index is 12.7. The first-order valence-electron chi connectivity index (χ1n) is 10.1. The van der Waals surface area contributed by atoms with E-state index in [0.29, 0.717) is 11.6 Å². The van der Waals surface area contributed by atoms with E-state index in [1.54, 1.807) is 13.0 Å². The molecule has 1 aliphatic rings. The topological polar surface area (TPSA) is 57.5 Å². The molecule has 0 bridgehead atoms. The third-order valence-electron chi connectivity index (χ3n) is 5.79. The maximum atomic E-state index is 12.7. The summed E-state index contributed by atoms with van der Waals surface area (Å²) in [6.07, 6.45) is 3.44. The molecule has 6 heteroatoms. The fraction of sp³-hybridized carbons (Fsp3) is 0.280. The Kier molecular flexibility index (Phi) is 5.18. The quantitative estimate of drug-likeness (QED) is 0.304. The van der Waals surface area contributed by atoms with Gasteiger partial charge >= 0.3 is 11.9 Å². The molecule has 4 rings (SSSR count). The van der Waals surface area contributed by atoms with Crippen LogP contribution in [-0.2, 0) is 25.6 Å². The molecule has 160 valence electrons. The summed E-state index contributed by atoms with van der Waals surface area (Å²) in [5, 5.41) is 1.59. The molecule has 1 aromatic heterocycles. The lowest BCUT2D eigenvalue weighted by Gasteiger charge is -2.42. The lowest BCUT2D eigenvalue weighted by molar-refractivity contribution is -0.261. The Bertz CT molecular complexity index is 1200. The van der Waals surface area contributed by atoms with Crippen molar-refractivity contribution in [3.8, 4) is 0 Å². The number of ether oxygens (including phenoxy) is 2. The van der Waals surface area contributed by atoms with Crippen LogP contribution in [0.5, 0.6) is 0 Å². The van der Waals surface area contributed by atoms with Crippen molar-refractivity contribution < 1.29 is 19.1 Å². The molecule has 5 nitrogen and oxygen atoms in total. The van der Waals surface area contributed by atoms with Gasteiger partial charge in [-0.2, -0.15) is 0 Å². The van der Waals surface area contributed by atoms with Gasteiger partial charge in [-0.05, 0) is 23.8 Å². The number of hydrogen-bond donors (Lipinski definition) is 0. The minimum Gasteiger partial charge on any atom is -0.418 e. The minimum atomic E-state index is -1.32. The number of rotatable bonds is 3. The summed E-state index contributed by atoms with van der Waals surface area (Å²) in [7, 11) is 0. The summed E-state index contributed by atoms with van der Waals surface area (Å²) >= 11 is 6.34. The standard InChI is InChI=1S/C25H24ClNO4/c1-24(2,3)25(4)30-22(28)19(23(29)31-25)13-17-15-27(21-12-8-6-10-18(17)21)14-16-9-5-7-11-20(16)26/h5-13,15H,14H2,1-4H3. The highest BCUT2D eigenvalue weighted by molar-refractivity contribution is 6.31. The van der Waals surface area contributed by atoms with Crippen molar-refractivity contribution in [2.45, 2.75) is 40.0 Å². The zero-order valence-electron chi connectivity index (χ0n) is 17.9. The number of halogens is 1. The minimum absolute atomic E-state index is 0.123. The zero-order chi connectivity index (χ0) is 22.4. The van der Waals surface area contributed by atoms with E-state index in [1.807, 2.05) is 80.1 Å². The first-order chi connectivity index (χ1) is 14.6. The number of esters is 2. The lowest BCUT2D eigenvalue weighted by atomic mass is 9.85. The van der Waals surface area contributed by atoms with Gasteiger partial charge in [0.05, 0.1) is 0 Å². The van der Waals surface area contributed by atoms with Gasteiger partial charge in [-0.3, -0.25) is 0 Å². The molecule has 2 heterocycles. The van der Waals surface area contributed by atoms with Crippen LogP contribution >= 0.6 is 11.6 Å². The van der Waals surface area contributed by atoms with Crippen molar-refractivity contribution in [3.63, 3.8) is 0 Å². The van der Waals surface area contributed by atoms with Crippen LogP contribution in [0.15, 0.2) is 60.3 Å². The normalized spacial score (nSPS) is 19.3. The SMILES string of the molecule is CC(C)(C)C1(C)OC(=O)C(=Cc2cn(Cc3ccccc3Cl)c3ccccc23)C(=O)O1. The first kappa shape index (κ1) is 21.2. The molecule has 0 aliphatic carbocycles. The van der Waals surface area contributed by atoms with Gasteiger partial charge in [-0.25, -0.2) is 9.59 Å². The average Bonchev–Trinajstić information content (AvgIpc) is 3.03. The Hall–Kier alpha value is -3.05. The lowest BCUT2D eigenvalue weighted by Crippen LogP contribution is -2.52. The molecular weight excluding hydrogens is 414 g/mol. The van der Waals surface area contributed by atoms with E-state index in [-0.39, 0.29) is 5.57 Å². The van der Waals surface area contributed by atoms with E-state index >= 15 is 0 Å². The van der Waals surface area contributed by atoms with Crippen LogP contribution in [0.1, 0.15) is 38.8 Å². The van der Waals surface area contributed by atoms with Crippen LogP contribution in [0.2, 0.25) is 5.02 Å². The van der Waals surface area contributed by atoms with E-state index in [1.165, 1.54) is 0 Å². The molecule has 0 saturated carbocycles. The van der Waals surface area contributed by atoms with E-state index in [4.69, 9.17) is 21.1 Å². The smallest absolute Gasteiger partial charge is 0.348 e. The Balaban J connectivity index is 1.74. The molecule has 0 spiro atoms. The Morgan fingerprint density at radius 3 is 2.26 bits per heavy atom. The van der Waals surface area contributed by atoms with Crippen LogP contribution in [0.3, 0.4) is 0 Å². The molecule has 1 aliphatic heterocycles. The molecule has 0 unspecified atom stereocenters. The zero-order valence-corrected chi connectivity index (χ0v) is 18.7. The van der Waals surface area contributed by atoms with Crippen LogP contribution in [0, 0.1) is 5.41 Å². The van der Waals surface area contributed by atoms with Crippen LogP contribution in [0.25, 0.3) is 17.0 Å². The number of carbonyl (C=O) groups is 2. The van der Waals surface area contributed by atoms with Gasteiger partial charge < -0.3 is 14.0 Å². The maximum Gasteiger partial charge on any atom is 0.348 e. The van der Waals surface area contributed by atoms with Gasteiger partial charge in [-0.15, -0.1) is 0 Å². The number of cyclic esters (lactones) is 2. The van der Waals surface area contributed by atoms with E-state index in [9.17, 15) is 9.59 Å². The molecule has 1 fully saturated rings. The van der Waals surface area contributed by atoms with Gasteiger partial charge in [0.2, 0.25) is 0 Å². The number of fused-ring (bicyclic) bond motifs is 1. The number of nitrogens with zero attached hydrogens (tertiary/aromatic N) is 1. The number of aromatic nitrogens is 1. The summed E-state index contributed by atoms with van der Waals surface area (Å²) in [4.78, 5) is 25.5. The van der Waals surface area contributed by atoms with Crippen molar-refractivity contribution in [2.75, 3.05) is 0 Å². The summed E-state index contributed by atoms with van der Waals surface area (Å²) in [5.41, 5.74) is 1.98. The monoisotopic (exact) mass is 437 g/mol. The summed E-state index contributed by atoms with van der Waals surface area (Å²) in [6, 6.07) is 15.5. The van der Waals surface area contributed by atoms with Crippen molar-refractivity contribution >= 4 is 40.5 Å². The second-order valence-electron chi connectivity index (χ2n) is 8.85. The molecule has 1 saturated heterocycles. The van der Waals surface area contributed by atoms with E-state index in [0.717, 1.165) is 22.0 Å². The van der Waals surface area contributed by atoms with Crippen LogP contribution in [-0.4, -0.2) is 22.3 Å². The molecule has 0 radical (unpaired) electrons. The first-order valence-corrected chi connectivity index (χ1v) is 10.5. The molecule has 0 atom stereocenters. The number of benzene rings is 2. The van der Waals surface area contributed by atoms with Crippen molar-refractivity contribution in [1.29, 1.82) is 0 Å². The van der Waals surface area contributed by atoms with Gasteiger partial charge in [0.25, 0.3) is 5.79 Å². The van der Waals surface area contributed by atoms with Gasteiger partial charge in [0.1, 0.15) is 5.57 Å². The van der Waals surface area contributed by atoms with Gasteiger partial charge in [0, 0.05) is 46.6 Å². The molecule has 0 N–H and O–H groups in total. The summed E-state index contributed by atoms with van der Waals surface area (Å²) in [5.74, 6) is -2.69. The second kappa shape index (κ2) is 7.57. The fourth-order valence-corrected chi connectivity index (χ4v) is 3.67. The molecule has 31 heavy (non-hydrogen) atoms. The average molecular weight is 438 g/mol. The molecular formula is C25H24ClNO4. The molecule has 0 amide bonds. The van der Waals surface area contributed by atoms with Crippen molar-refractivity contribution in [2.24, 2.45) is 5.41 Å². The van der Waals surface area contributed by atoms with E-state index < -0.39 is 23.1 Å². The highest BCUT2D eigenvalue weighted by atomic mass is 35.5. The molecule has 2 aromatic carbocycles. The largest absolute Gasteiger partial charge is 0.418 e. The Morgan fingerprint density at radius 1 is 1.00 bits per heavy atom. The Morgan fingerprint density at radius 2 is 1.61 bits per heavy atom. The third-order valence-corrected chi connectivity index (χ3v) is 6.16. The summed E-state index contributed by atoms with van der Waals surface area (Å²) in [6.45, 7) is 7.72. The van der Waals surface area contributed by atoms with Gasteiger partial charge in [-0.1, -0.05) is 68.8 Å². The second-order valence-corrected chi connectivity index (χ2v) is 9.26. The van der Waals surface area contributed by atoms with Crippen molar-refractivity contribution in [3.05, 3.63) is 76.5 Å². The highest BCUT2D eigenvalue weighted by Gasteiger charge is 2.50. The van der Waals surface area contributed by atoms with Crippen molar-refractivity contribution in [1.82, 2.24) is 4.57 Å². The third kappa shape index (κ3) is 3.86. The Labute approximate surface area is 186 Å². The molecule has 3 aromatic rings. The summed E-state index contributed by atoms with van der Waals surface area (Å²) < 4.78 is 13.1.